The molecular weight excluding hydrogens is 198 g/mol. The first-order chi connectivity index (χ1) is 7.74. The normalized spacial score (nSPS) is 16.9. The van der Waals surface area contributed by atoms with Gasteiger partial charge < -0.3 is 4.90 Å². The fourth-order valence-corrected chi connectivity index (χ4v) is 2.58. The van der Waals surface area contributed by atoms with Crippen molar-refractivity contribution >= 4 is 6.41 Å². The van der Waals surface area contributed by atoms with Crippen molar-refractivity contribution in [1.82, 2.24) is 4.90 Å². The minimum atomic E-state index is 0.558. The van der Waals surface area contributed by atoms with Crippen LogP contribution in [0.1, 0.15) is 65.2 Å². The Kier molecular flexibility index (Phi) is 6.51. The summed E-state index contributed by atoms with van der Waals surface area (Å²) in [6.07, 6.45) is 11.2. The van der Waals surface area contributed by atoms with Crippen LogP contribution in [-0.2, 0) is 4.79 Å². The Morgan fingerprint density at radius 3 is 2.44 bits per heavy atom. The van der Waals surface area contributed by atoms with Crippen molar-refractivity contribution in [2.24, 2.45) is 5.92 Å². The highest BCUT2D eigenvalue weighted by atomic mass is 16.1. The summed E-state index contributed by atoms with van der Waals surface area (Å²) in [6.45, 7) is 5.53. The topological polar surface area (TPSA) is 20.3 Å². The molecule has 0 spiro atoms. The van der Waals surface area contributed by atoms with Crippen LogP contribution in [0, 0.1) is 5.92 Å². The molecule has 0 bridgehead atoms. The first kappa shape index (κ1) is 13.5. The predicted molar refractivity (Wildman–Crippen MR) is 68.3 cm³/mol. The van der Waals surface area contributed by atoms with Crippen molar-refractivity contribution in [3.05, 3.63) is 0 Å². The third kappa shape index (κ3) is 5.00. The maximum atomic E-state index is 11.0. The molecule has 0 aliphatic heterocycles. The highest BCUT2D eigenvalue weighted by Crippen LogP contribution is 2.22. The van der Waals surface area contributed by atoms with Crippen molar-refractivity contribution in [3.63, 3.8) is 0 Å². The minimum Gasteiger partial charge on any atom is -0.342 e. The van der Waals surface area contributed by atoms with E-state index in [1.54, 1.807) is 0 Å². The number of carbonyl (C=O) groups excluding carboxylic acids is 1. The van der Waals surface area contributed by atoms with Crippen molar-refractivity contribution in [2.75, 3.05) is 6.54 Å². The zero-order valence-electron chi connectivity index (χ0n) is 11.0. The summed E-state index contributed by atoms with van der Waals surface area (Å²) < 4.78 is 0. The summed E-state index contributed by atoms with van der Waals surface area (Å²) in [5, 5.41) is 0. The van der Waals surface area contributed by atoms with Gasteiger partial charge in [0.15, 0.2) is 0 Å². The van der Waals surface area contributed by atoms with Gasteiger partial charge in [0, 0.05) is 12.6 Å². The van der Waals surface area contributed by atoms with Gasteiger partial charge in [-0.1, -0.05) is 46.0 Å². The second-order valence-corrected chi connectivity index (χ2v) is 5.52. The molecule has 1 aliphatic carbocycles. The molecule has 0 aromatic heterocycles. The molecule has 16 heavy (non-hydrogen) atoms. The molecule has 0 unspecified atom stereocenters. The van der Waals surface area contributed by atoms with Gasteiger partial charge in [0.1, 0.15) is 0 Å². The van der Waals surface area contributed by atoms with Gasteiger partial charge in [0.05, 0.1) is 0 Å². The number of hydrogen-bond donors (Lipinski definition) is 0. The fraction of sp³-hybridized carbons (Fsp3) is 0.929. The molecule has 1 amide bonds. The zero-order chi connectivity index (χ0) is 11.8. The Balaban J connectivity index is 2.07. The van der Waals surface area contributed by atoms with E-state index in [1.807, 2.05) is 4.90 Å². The van der Waals surface area contributed by atoms with Crippen LogP contribution >= 0.6 is 0 Å². The van der Waals surface area contributed by atoms with Gasteiger partial charge in [-0.2, -0.15) is 0 Å². The summed E-state index contributed by atoms with van der Waals surface area (Å²) in [4.78, 5) is 13.0. The third-order valence-electron chi connectivity index (χ3n) is 3.63. The SMILES string of the molecule is CC(C)CCCCCN(C=O)C1CCCC1. The molecule has 2 nitrogen and oxygen atoms in total. The number of hydrogen-bond acceptors (Lipinski definition) is 1. The molecule has 1 aliphatic rings. The minimum absolute atomic E-state index is 0.558. The van der Waals surface area contributed by atoms with Crippen molar-refractivity contribution in [3.8, 4) is 0 Å². The molecule has 0 saturated heterocycles. The maximum absolute atomic E-state index is 11.0. The quantitative estimate of drug-likeness (QED) is 0.456. The van der Waals surface area contributed by atoms with Gasteiger partial charge in [-0.05, 0) is 25.2 Å². The Morgan fingerprint density at radius 1 is 1.19 bits per heavy atom. The van der Waals surface area contributed by atoms with Crippen LogP contribution < -0.4 is 0 Å². The van der Waals surface area contributed by atoms with Gasteiger partial charge >= 0.3 is 0 Å². The Labute approximate surface area is 100 Å². The molecule has 0 N–H and O–H groups in total. The summed E-state index contributed by atoms with van der Waals surface area (Å²) in [7, 11) is 0. The Morgan fingerprint density at radius 2 is 1.88 bits per heavy atom. The van der Waals surface area contributed by atoms with Crippen LogP contribution in [0.2, 0.25) is 0 Å². The Hall–Kier alpha value is -0.530. The van der Waals surface area contributed by atoms with Crippen molar-refractivity contribution in [2.45, 2.75) is 71.3 Å². The first-order valence-corrected chi connectivity index (χ1v) is 6.95. The average molecular weight is 225 g/mol. The van der Waals surface area contributed by atoms with Gasteiger partial charge in [-0.3, -0.25) is 4.79 Å². The van der Waals surface area contributed by atoms with Crippen LogP contribution in [0.3, 0.4) is 0 Å². The molecule has 1 saturated carbocycles. The number of nitrogens with zero attached hydrogens (tertiary/aromatic N) is 1. The maximum Gasteiger partial charge on any atom is 0.209 e. The fourth-order valence-electron chi connectivity index (χ4n) is 2.58. The summed E-state index contributed by atoms with van der Waals surface area (Å²) in [5.41, 5.74) is 0. The third-order valence-corrected chi connectivity index (χ3v) is 3.63. The van der Waals surface area contributed by atoms with Crippen molar-refractivity contribution in [1.29, 1.82) is 0 Å². The van der Waals surface area contributed by atoms with E-state index in [-0.39, 0.29) is 0 Å². The number of amides is 1. The lowest BCUT2D eigenvalue weighted by molar-refractivity contribution is -0.120. The lowest BCUT2D eigenvalue weighted by Crippen LogP contribution is -2.32. The summed E-state index contributed by atoms with van der Waals surface area (Å²) in [6, 6.07) is 0.558. The second kappa shape index (κ2) is 7.70. The van der Waals surface area contributed by atoms with E-state index in [2.05, 4.69) is 13.8 Å². The van der Waals surface area contributed by atoms with E-state index < -0.39 is 0 Å². The molecular formula is C14H27NO. The van der Waals surface area contributed by atoms with E-state index in [9.17, 15) is 4.79 Å². The van der Waals surface area contributed by atoms with Gasteiger partial charge in [0.25, 0.3) is 0 Å². The van der Waals surface area contributed by atoms with E-state index in [1.165, 1.54) is 51.4 Å². The van der Waals surface area contributed by atoms with Crippen LogP contribution in [-0.4, -0.2) is 23.9 Å². The number of unbranched alkanes of at least 4 members (excludes halogenated alkanes) is 2. The zero-order valence-corrected chi connectivity index (χ0v) is 11.0. The highest BCUT2D eigenvalue weighted by molar-refractivity contribution is 5.47. The van der Waals surface area contributed by atoms with Crippen LogP contribution in [0.15, 0.2) is 0 Å². The average Bonchev–Trinajstić information content (AvgIpc) is 2.76. The van der Waals surface area contributed by atoms with Crippen molar-refractivity contribution < 1.29 is 4.79 Å². The van der Waals surface area contributed by atoms with E-state index in [4.69, 9.17) is 0 Å². The molecule has 0 heterocycles. The Bertz CT molecular complexity index is 185. The van der Waals surface area contributed by atoms with E-state index in [0.717, 1.165) is 18.9 Å². The number of carbonyl (C=O) groups is 1. The summed E-state index contributed by atoms with van der Waals surface area (Å²) >= 11 is 0. The van der Waals surface area contributed by atoms with Crippen LogP contribution in [0.5, 0.6) is 0 Å². The molecule has 1 rings (SSSR count). The lowest BCUT2D eigenvalue weighted by atomic mass is 10.1. The molecule has 94 valence electrons. The van der Waals surface area contributed by atoms with Crippen LogP contribution in [0.25, 0.3) is 0 Å². The molecule has 0 atom stereocenters. The summed E-state index contributed by atoms with van der Waals surface area (Å²) in [5.74, 6) is 0.817. The molecule has 0 radical (unpaired) electrons. The van der Waals surface area contributed by atoms with Crippen LogP contribution in [0.4, 0.5) is 0 Å². The first-order valence-electron chi connectivity index (χ1n) is 6.95. The molecule has 2 heteroatoms. The van der Waals surface area contributed by atoms with E-state index in [0.29, 0.717) is 6.04 Å². The largest absolute Gasteiger partial charge is 0.342 e. The molecule has 0 aromatic rings. The standard InChI is InChI=1S/C14H27NO/c1-13(2)8-4-3-7-11-15(12-16)14-9-5-6-10-14/h12-14H,3-11H2,1-2H3. The van der Waals surface area contributed by atoms with E-state index >= 15 is 0 Å². The number of rotatable bonds is 8. The monoisotopic (exact) mass is 225 g/mol. The highest BCUT2D eigenvalue weighted by Gasteiger charge is 2.20. The van der Waals surface area contributed by atoms with Gasteiger partial charge in [-0.15, -0.1) is 0 Å². The van der Waals surface area contributed by atoms with Gasteiger partial charge in [0.2, 0.25) is 6.41 Å². The molecule has 0 aromatic carbocycles. The lowest BCUT2D eigenvalue weighted by Gasteiger charge is -2.24. The second-order valence-electron chi connectivity index (χ2n) is 5.52. The van der Waals surface area contributed by atoms with Gasteiger partial charge in [-0.25, -0.2) is 0 Å². The molecule has 1 fully saturated rings. The smallest absolute Gasteiger partial charge is 0.209 e. The predicted octanol–water partition coefficient (Wildman–Crippen LogP) is 3.60.